The Morgan fingerprint density at radius 3 is 2.00 bits per heavy atom. The van der Waals surface area contributed by atoms with Gasteiger partial charge in [0.05, 0.1) is 11.0 Å². The molecule has 0 saturated heterocycles. The van der Waals surface area contributed by atoms with Gasteiger partial charge in [-0.3, -0.25) is 0 Å². The van der Waals surface area contributed by atoms with Gasteiger partial charge in [-0.2, -0.15) is 0 Å². The van der Waals surface area contributed by atoms with Gasteiger partial charge in [-0.1, -0.05) is 129 Å². The molecule has 0 saturated carbocycles. The SMILES string of the molecule is CC(C)(C)c1ccc2c(c1)c1c3c(oc4ccccc43)c(-c3ccccc3Nc3ccccc3)c3c1n2-c1cc(N(c2ccccc2)c2ccccc2)ccc1B3. The summed E-state index contributed by atoms with van der Waals surface area (Å²) in [5.74, 6) is 0. The lowest BCUT2D eigenvalue weighted by molar-refractivity contribution is 0.591. The van der Waals surface area contributed by atoms with Crippen molar-refractivity contribution in [3.63, 3.8) is 0 Å². The predicted octanol–water partition coefficient (Wildman–Crippen LogP) is 12.6. The van der Waals surface area contributed by atoms with Crippen molar-refractivity contribution in [2.45, 2.75) is 26.2 Å². The molecule has 0 unspecified atom stereocenters. The van der Waals surface area contributed by atoms with Gasteiger partial charge in [0.2, 0.25) is 0 Å². The third-order valence-corrected chi connectivity index (χ3v) is 11.7. The summed E-state index contributed by atoms with van der Waals surface area (Å²) in [7, 11) is 0.757. The van der Waals surface area contributed by atoms with Crippen LogP contribution in [0, 0.1) is 0 Å². The first kappa shape index (κ1) is 33.4. The molecule has 1 N–H and O–H groups in total. The number of para-hydroxylation sites is 5. The summed E-state index contributed by atoms with van der Waals surface area (Å²) < 4.78 is 9.62. The van der Waals surface area contributed by atoms with E-state index in [0.717, 1.165) is 63.4 Å². The second-order valence-corrected chi connectivity index (χ2v) is 16.2. The molecule has 1 aliphatic rings. The molecule has 0 fully saturated rings. The molecule has 10 aromatic rings. The van der Waals surface area contributed by atoms with Gasteiger partial charge in [-0.25, -0.2) is 0 Å². The molecule has 4 nitrogen and oxygen atoms in total. The fourth-order valence-corrected chi connectivity index (χ4v) is 9.06. The lowest BCUT2D eigenvalue weighted by Crippen LogP contribution is -2.37. The molecule has 5 heteroatoms. The van der Waals surface area contributed by atoms with Gasteiger partial charge >= 0.3 is 0 Å². The molecule has 272 valence electrons. The molecule has 0 bridgehead atoms. The number of furan rings is 1. The van der Waals surface area contributed by atoms with E-state index in [1.165, 1.54) is 49.4 Å². The van der Waals surface area contributed by atoms with Crippen LogP contribution in [0.2, 0.25) is 0 Å². The first-order valence-electron chi connectivity index (χ1n) is 19.8. The molecule has 57 heavy (non-hydrogen) atoms. The third kappa shape index (κ3) is 5.30. The molecular weight excluding hydrogens is 693 g/mol. The molecule has 11 rings (SSSR count). The highest BCUT2D eigenvalue weighted by Gasteiger charge is 2.32. The van der Waals surface area contributed by atoms with Gasteiger partial charge < -0.3 is 19.2 Å². The maximum absolute atomic E-state index is 7.07. The Labute approximate surface area is 332 Å². The fraction of sp³-hybridized carbons (Fsp3) is 0.0769. The normalized spacial score (nSPS) is 12.3. The van der Waals surface area contributed by atoms with Crippen LogP contribution >= 0.6 is 0 Å². The number of nitrogens with one attached hydrogen (secondary N) is 1. The van der Waals surface area contributed by atoms with E-state index >= 15 is 0 Å². The van der Waals surface area contributed by atoms with E-state index in [4.69, 9.17) is 4.42 Å². The topological polar surface area (TPSA) is 33.3 Å². The highest BCUT2D eigenvalue weighted by atomic mass is 16.3. The van der Waals surface area contributed by atoms with E-state index in [0.29, 0.717) is 0 Å². The highest BCUT2D eigenvalue weighted by Crippen LogP contribution is 2.47. The van der Waals surface area contributed by atoms with Crippen LogP contribution in [0.3, 0.4) is 0 Å². The Morgan fingerprint density at radius 2 is 1.26 bits per heavy atom. The van der Waals surface area contributed by atoms with Crippen LogP contribution in [0.1, 0.15) is 26.3 Å². The summed E-state index contributed by atoms with van der Waals surface area (Å²) >= 11 is 0. The minimum atomic E-state index is -0.0257. The van der Waals surface area contributed by atoms with Gasteiger partial charge in [0.25, 0.3) is 0 Å². The van der Waals surface area contributed by atoms with Crippen molar-refractivity contribution in [1.82, 2.24) is 4.57 Å². The summed E-state index contributed by atoms with van der Waals surface area (Å²) in [6.07, 6.45) is 0. The summed E-state index contributed by atoms with van der Waals surface area (Å²) in [6.45, 7) is 6.91. The maximum atomic E-state index is 7.07. The Balaban J connectivity index is 1.27. The Morgan fingerprint density at radius 1 is 0.596 bits per heavy atom. The number of anilines is 5. The van der Waals surface area contributed by atoms with Gasteiger partial charge in [0.1, 0.15) is 11.2 Å². The average Bonchev–Trinajstić information content (AvgIpc) is 3.79. The standard InChI is InChI=1S/C52H40BN3O/c1-52(2,3)33-27-30-43-40(31-33)46-47-39-24-14-16-26-45(39)57-51(47)48(38-23-13-15-25-42(38)54-34-17-7-4-8-18-34)49-50(46)56(43)44-32-37(28-29-41(44)53-49)55(35-19-9-5-10-20-35)36-21-11-6-12-22-36/h4-32,53-54H,1-3H3. The van der Waals surface area contributed by atoms with E-state index in [1.807, 2.05) is 0 Å². The van der Waals surface area contributed by atoms with Crippen molar-refractivity contribution in [1.29, 1.82) is 0 Å². The summed E-state index contributed by atoms with van der Waals surface area (Å²) in [5, 5.41) is 8.57. The highest BCUT2D eigenvalue weighted by molar-refractivity contribution is 6.74. The number of nitrogens with zero attached hydrogens (tertiary/aromatic N) is 2. The summed E-state index contributed by atoms with van der Waals surface area (Å²) in [6, 6.07) is 63.2. The lowest BCUT2D eigenvalue weighted by atomic mass is 9.58. The second-order valence-electron chi connectivity index (χ2n) is 16.2. The Hall–Kier alpha value is -6.98. The predicted molar refractivity (Wildman–Crippen MR) is 243 cm³/mol. The number of aromatic nitrogens is 1. The largest absolute Gasteiger partial charge is 0.455 e. The number of hydrogen-bond donors (Lipinski definition) is 1. The van der Waals surface area contributed by atoms with Gasteiger partial charge in [-0.05, 0) is 89.2 Å². The van der Waals surface area contributed by atoms with Crippen molar-refractivity contribution in [3.8, 4) is 16.8 Å². The zero-order valence-corrected chi connectivity index (χ0v) is 32.3. The first-order valence-corrected chi connectivity index (χ1v) is 19.8. The van der Waals surface area contributed by atoms with Crippen molar-refractivity contribution >= 4 is 90.4 Å². The van der Waals surface area contributed by atoms with Crippen molar-refractivity contribution in [2.75, 3.05) is 10.2 Å². The Bertz CT molecular complexity index is 3120. The van der Waals surface area contributed by atoms with Crippen LogP contribution in [0.5, 0.6) is 0 Å². The number of benzene rings is 8. The van der Waals surface area contributed by atoms with E-state index in [2.05, 4.69) is 211 Å². The molecule has 0 spiro atoms. The monoisotopic (exact) mass is 733 g/mol. The average molecular weight is 734 g/mol. The molecule has 0 aliphatic carbocycles. The molecule has 0 amide bonds. The van der Waals surface area contributed by atoms with Crippen LogP contribution in [0.25, 0.3) is 60.6 Å². The minimum Gasteiger partial charge on any atom is -0.455 e. The van der Waals surface area contributed by atoms with E-state index < -0.39 is 0 Å². The molecule has 8 aromatic carbocycles. The Kier molecular flexibility index (Phi) is 7.49. The molecule has 2 aromatic heterocycles. The summed E-state index contributed by atoms with van der Waals surface area (Å²) in [5.41, 5.74) is 17.0. The summed E-state index contributed by atoms with van der Waals surface area (Å²) in [4.78, 5) is 2.36. The smallest absolute Gasteiger partial charge is 0.198 e. The van der Waals surface area contributed by atoms with Gasteiger partial charge in [-0.15, -0.1) is 0 Å². The molecule has 0 atom stereocenters. The number of fused-ring (bicyclic) bond motifs is 9. The fourth-order valence-electron chi connectivity index (χ4n) is 9.06. The van der Waals surface area contributed by atoms with Crippen molar-refractivity contribution in [2.24, 2.45) is 0 Å². The van der Waals surface area contributed by atoms with E-state index in [9.17, 15) is 0 Å². The third-order valence-electron chi connectivity index (χ3n) is 11.7. The van der Waals surface area contributed by atoms with Gasteiger partial charge in [0.15, 0.2) is 7.28 Å². The first-order chi connectivity index (χ1) is 27.9. The quantitative estimate of drug-likeness (QED) is 0.173. The number of hydrogen-bond acceptors (Lipinski definition) is 3. The van der Waals surface area contributed by atoms with E-state index in [-0.39, 0.29) is 5.41 Å². The molecular formula is C52H40BN3O. The molecule has 0 radical (unpaired) electrons. The van der Waals surface area contributed by atoms with Gasteiger partial charge in [0, 0.05) is 66.8 Å². The van der Waals surface area contributed by atoms with E-state index in [1.54, 1.807) is 0 Å². The van der Waals surface area contributed by atoms with Crippen LogP contribution < -0.4 is 21.1 Å². The lowest BCUT2D eigenvalue weighted by Gasteiger charge is -2.29. The zero-order valence-electron chi connectivity index (χ0n) is 32.3. The number of rotatable bonds is 6. The van der Waals surface area contributed by atoms with Crippen LogP contribution in [0.15, 0.2) is 180 Å². The van der Waals surface area contributed by atoms with Crippen molar-refractivity contribution < 1.29 is 4.42 Å². The minimum absolute atomic E-state index is 0.0257. The molecule has 1 aliphatic heterocycles. The maximum Gasteiger partial charge on any atom is 0.198 e. The van der Waals surface area contributed by atoms with Crippen LogP contribution in [-0.4, -0.2) is 11.8 Å². The second kappa shape index (κ2) is 12.8. The van der Waals surface area contributed by atoms with Crippen LogP contribution in [-0.2, 0) is 5.41 Å². The van der Waals surface area contributed by atoms with Crippen LogP contribution in [0.4, 0.5) is 28.4 Å². The van der Waals surface area contributed by atoms with Crippen molar-refractivity contribution in [3.05, 3.63) is 181 Å². The zero-order chi connectivity index (χ0) is 38.3. The molecule has 3 heterocycles.